The Morgan fingerprint density at radius 3 is 2.67 bits per heavy atom. The van der Waals surface area contributed by atoms with Crippen LogP contribution in [-0.4, -0.2) is 13.2 Å². The van der Waals surface area contributed by atoms with Gasteiger partial charge in [-0.2, -0.15) is 0 Å². The molecule has 1 unspecified atom stereocenters. The van der Waals surface area contributed by atoms with Crippen LogP contribution in [0.5, 0.6) is 0 Å². The highest BCUT2D eigenvalue weighted by atomic mass is 35.5. The van der Waals surface area contributed by atoms with Crippen LogP contribution in [0.25, 0.3) is 0 Å². The molecule has 0 aliphatic carbocycles. The van der Waals surface area contributed by atoms with Crippen molar-refractivity contribution in [2.75, 3.05) is 13.2 Å². The van der Waals surface area contributed by atoms with Crippen molar-refractivity contribution < 1.29 is 13.8 Å². The fourth-order valence-corrected chi connectivity index (χ4v) is 2.98. The Bertz CT molecular complexity index is 575. The van der Waals surface area contributed by atoms with Crippen molar-refractivity contribution in [3.8, 4) is 0 Å². The highest BCUT2D eigenvalue weighted by Gasteiger charge is 2.02. The number of benzene rings is 2. The summed E-state index contributed by atoms with van der Waals surface area (Å²) in [5, 5.41) is 0.692. The van der Waals surface area contributed by atoms with Crippen molar-refractivity contribution in [1.29, 1.82) is 0 Å². The van der Waals surface area contributed by atoms with Gasteiger partial charge in [-0.1, -0.05) is 48.0 Å². The Balaban J connectivity index is 1.60. The van der Waals surface area contributed by atoms with Gasteiger partial charge in [-0.25, -0.2) is 0 Å². The Morgan fingerprint density at radius 2 is 1.90 bits per heavy atom. The standard InChI is InChI=1S/C16H17ClO3P/c17-16-8-4-7-15(11-16)12-19-9-10-20-21(18)13-14-5-2-1-3-6-14/h2-8,11,21H,9-10,12-13H2. The predicted molar refractivity (Wildman–Crippen MR) is 85.0 cm³/mol. The summed E-state index contributed by atoms with van der Waals surface area (Å²) < 4.78 is 22.5. The van der Waals surface area contributed by atoms with Gasteiger partial charge in [0.2, 0.25) is 0 Å². The SMILES string of the molecule is O=[PH](Cc1cc[c]cc1)OCCOCc1cccc(Cl)c1. The van der Waals surface area contributed by atoms with E-state index in [0.29, 0.717) is 31.0 Å². The maximum atomic E-state index is 11.8. The molecular weight excluding hydrogens is 307 g/mol. The van der Waals surface area contributed by atoms with Crippen molar-refractivity contribution in [1.82, 2.24) is 0 Å². The number of rotatable bonds is 8. The lowest BCUT2D eigenvalue weighted by molar-refractivity contribution is 0.0913. The van der Waals surface area contributed by atoms with E-state index in [0.717, 1.165) is 11.1 Å². The molecule has 0 saturated heterocycles. The largest absolute Gasteiger partial charge is 0.374 e. The van der Waals surface area contributed by atoms with Gasteiger partial charge in [0.25, 0.3) is 0 Å². The van der Waals surface area contributed by atoms with E-state index in [1.54, 1.807) is 12.1 Å². The Morgan fingerprint density at radius 1 is 1.10 bits per heavy atom. The van der Waals surface area contributed by atoms with Crippen LogP contribution in [0, 0.1) is 6.07 Å². The minimum Gasteiger partial charge on any atom is -0.374 e. The summed E-state index contributed by atoms with van der Waals surface area (Å²) in [4.78, 5) is 0. The first kappa shape index (κ1) is 16.3. The molecule has 3 nitrogen and oxygen atoms in total. The summed E-state index contributed by atoms with van der Waals surface area (Å²) in [5.41, 5.74) is 2.01. The fourth-order valence-electron chi connectivity index (χ4n) is 1.79. The summed E-state index contributed by atoms with van der Waals surface area (Å²) in [5.74, 6) is 0. The highest BCUT2D eigenvalue weighted by Crippen LogP contribution is 2.27. The minimum atomic E-state index is -2.06. The van der Waals surface area contributed by atoms with Gasteiger partial charge in [0.15, 0.2) is 8.03 Å². The lowest BCUT2D eigenvalue weighted by atomic mass is 10.2. The molecule has 111 valence electrons. The molecule has 2 aromatic carbocycles. The quantitative estimate of drug-likeness (QED) is 0.535. The molecule has 0 N–H and O–H groups in total. The molecular formula is C16H17ClO3P. The number of ether oxygens (including phenoxy) is 1. The van der Waals surface area contributed by atoms with Gasteiger partial charge in [0, 0.05) is 11.2 Å². The summed E-state index contributed by atoms with van der Waals surface area (Å²) >= 11 is 5.88. The third kappa shape index (κ3) is 6.45. The lowest BCUT2D eigenvalue weighted by Gasteiger charge is -2.06. The monoisotopic (exact) mass is 323 g/mol. The Kier molecular flexibility index (Phi) is 6.98. The van der Waals surface area contributed by atoms with Crippen LogP contribution < -0.4 is 0 Å². The van der Waals surface area contributed by atoms with Crippen molar-refractivity contribution in [3.05, 3.63) is 70.7 Å². The molecule has 5 heteroatoms. The second-order valence-corrected chi connectivity index (χ2v) is 6.31. The molecule has 0 heterocycles. The van der Waals surface area contributed by atoms with Crippen molar-refractivity contribution in [2.24, 2.45) is 0 Å². The van der Waals surface area contributed by atoms with E-state index in [2.05, 4.69) is 6.07 Å². The summed E-state index contributed by atoms with van der Waals surface area (Å²) in [6, 6.07) is 17.8. The fraction of sp³-hybridized carbons (Fsp3) is 0.250. The molecule has 0 aliphatic heterocycles. The van der Waals surface area contributed by atoms with Gasteiger partial charge in [0.1, 0.15) is 0 Å². The molecule has 2 rings (SSSR count). The van der Waals surface area contributed by atoms with Gasteiger partial charge in [-0.3, -0.25) is 4.57 Å². The number of halogens is 1. The first-order chi connectivity index (χ1) is 10.2. The molecule has 1 atom stereocenters. The van der Waals surface area contributed by atoms with E-state index < -0.39 is 8.03 Å². The van der Waals surface area contributed by atoms with E-state index in [1.165, 1.54) is 0 Å². The molecule has 21 heavy (non-hydrogen) atoms. The van der Waals surface area contributed by atoms with Crippen molar-refractivity contribution in [2.45, 2.75) is 12.8 Å². The molecule has 0 aromatic heterocycles. The van der Waals surface area contributed by atoms with Crippen LogP contribution in [-0.2, 0) is 26.6 Å². The average molecular weight is 324 g/mol. The summed E-state index contributed by atoms with van der Waals surface area (Å²) in [6.45, 7) is 1.21. The van der Waals surface area contributed by atoms with Gasteiger partial charge in [-0.15, -0.1) is 0 Å². The van der Waals surface area contributed by atoms with Crippen LogP contribution in [0.2, 0.25) is 5.02 Å². The smallest absolute Gasteiger partial charge is 0.195 e. The second kappa shape index (κ2) is 9.01. The van der Waals surface area contributed by atoms with E-state index >= 15 is 0 Å². The maximum Gasteiger partial charge on any atom is 0.195 e. The van der Waals surface area contributed by atoms with Crippen LogP contribution in [0.1, 0.15) is 11.1 Å². The first-order valence-electron chi connectivity index (χ1n) is 6.67. The van der Waals surface area contributed by atoms with Crippen molar-refractivity contribution in [3.63, 3.8) is 0 Å². The number of hydrogen-bond acceptors (Lipinski definition) is 3. The number of hydrogen-bond donors (Lipinski definition) is 0. The van der Waals surface area contributed by atoms with Crippen LogP contribution in [0.3, 0.4) is 0 Å². The van der Waals surface area contributed by atoms with Crippen LogP contribution >= 0.6 is 19.6 Å². The molecule has 0 aliphatic rings. The molecule has 2 aromatic rings. The zero-order valence-corrected chi connectivity index (χ0v) is 13.3. The predicted octanol–water partition coefficient (Wildman–Crippen LogP) is 4.35. The first-order valence-corrected chi connectivity index (χ1v) is 8.57. The van der Waals surface area contributed by atoms with E-state index in [-0.39, 0.29) is 0 Å². The van der Waals surface area contributed by atoms with E-state index in [4.69, 9.17) is 20.9 Å². The summed E-state index contributed by atoms with van der Waals surface area (Å²) in [7, 11) is -2.06. The average Bonchev–Trinajstić information content (AvgIpc) is 2.48. The van der Waals surface area contributed by atoms with Crippen LogP contribution in [0.4, 0.5) is 0 Å². The van der Waals surface area contributed by atoms with Crippen molar-refractivity contribution >= 4 is 19.6 Å². The zero-order chi connectivity index (χ0) is 14.9. The normalized spacial score (nSPS) is 12.2. The zero-order valence-electron chi connectivity index (χ0n) is 11.5. The third-order valence-corrected chi connectivity index (χ3v) is 4.24. The molecule has 0 bridgehead atoms. The second-order valence-electron chi connectivity index (χ2n) is 4.49. The van der Waals surface area contributed by atoms with Gasteiger partial charge >= 0.3 is 0 Å². The third-order valence-electron chi connectivity index (χ3n) is 2.78. The summed E-state index contributed by atoms with van der Waals surface area (Å²) in [6.07, 6.45) is 0.452. The molecule has 0 amide bonds. The molecule has 1 radical (unpaired) electrons. The van der Waals surface area contributed by atoms with E-state index in [1.807, 2.05) is 36.4 Å². The molecule has 0 fully saturated rings. The van der Waals surface area contributed by atoms with E-state index in [9.17, 15) is 4.57 Å². The Labute approximate surface area is 130 Å². The Hall–Kier alpha value is -1.12. The topological polar surface area (TPSA) is 35.5 Å². The lowest BCUT2D eigenvalue weighted by Crippen LogP contribution is -2.01. The van der Waals surface area contributed by atoms with Crippen LogP contribution in [0.15, 0.2) is 48.5 Å². The maximum absolute atomic E-state index is 11.8. The highest BCUT2D eigenvalue weighted by molar-refractivity contribution is 7.38. The van der Waals surface area contributed by atoms with Gasteiger partial charge < -0.3 is 9.26 Å². The van der Waals surface area contributed by atoms with Gasteiger partial charge in [0.05, 0.1) is 19.8 Å². The minimum absolute atomic E-state index is 0.331. The van der Waals surface area contributed by atoms with Gasteiger partial charge in [-0.05, 0) is 29.3 Å². The molecule has 0 saturated carbocycles. The molecule has 0 spiro atoms.